The fourth-order valence-electron chi connectivity index (χ4n) is 6.99. The van der Waals surface area contributed by atoms with Crippen molar-refractivity contribution >= 4 is 82.8 Å². The van der Waals surface area contributed by atoms with Crippen molar-refractivity contribution in [2.45, 2.75) is 162 Å². The Morgan fingerprint density at radius 2 is 1.04 bits per heavy atom. The zero-order valence-corrected chi connectivity index (χ0v) is 46.1. The van der Waals surface area contributed by atoms with Gasteiger partial charge in [0.25, 0.3) is 0 Å². The van der Waals surface area contributed by atoms with E-state index in [0.717, 1.165) is 0 Å². The number of thioether (sulfide) groups is 1. The second-order valence-corrected chi connectivity index (χ2v) is 20.1. The van der Waals surface area contributed by atoms with E-state index in [2.05, 4.69) is 58.2 Å². The number of aliphatic imine (C=N–C) groups is 1. The summed E-state index contributed by atoms with van der Waals surface area (Å²) in [5.41, 5.74) is 16.3. The number of aliphatic hydroxyl groups is 1. The van der Waals surface area contributed by atoms with Gasteiger partial charge in [0.1, 0.15) is 48.3 Å². The minimum Gasteiger partial charge on any atom is -0.480 e. The van der Waals surface area contributed by atoms with Crippen molar-refractivity contribution in [2.75, 3.05) is 38.2 Å². The van der Waals surface area contributed by atoms with E-state index in [1.807, 2.05) is 0 Å². The maximum absolute atomic E-state index is 14.2. The first kappa shape index (κ1) is 68.7. The molecule has 11 atom stereocenters. The Bertz CT molecular complexity index is 1960. The second-order valence-electron chi connectivity index (χ2n) is 19.1. The first-order valence-electron chi connectivity index (χ1n) is 25.2. The second kappa shape index (κ2) is 35.8. The number of guanidine groups is 1. The molecule has 0 aromatic heterocycles. The highest BCUT2D eigenvalue weighted by molar-refractivity contribution is 7.98. The quantitative estimate of drug-likeness (QED) is 0.0162. The van der Waals surface area contributed by atoms with E-state index in [-0.39, 0.29) is 44.1 Å². The van der Waals surface area contributed by atoms with Crippen molar-refractivity contribution in [1.29, 1.82) is 0 Å². The summed E-state index contributed by atoms with van der Waals surface area (Å²) in [6.45, 7) is 14.8. The first-order valence-corrected chi connectivity index (χ1v) is 26.5. The monoisotopic (exact) mass is 1090 g/mol. The number of hydrogen-bond acceptors (Lipinski definition) is 15. The molecule has 75 heavy (non-hydrogen) atoms. The van der Waals surface area contributed by atoms with Crippen LogP contribution in [0.1, 0.15) is 108 Å². The fourth-order valence-corrected chi connectivity index (χ4v) is 7.46. The van der Waals surface area contributed by atoms with E-state index in [9.17, 15) is 63.0 Å². The molecule has 0 heterocycles. The topological polar surface area (TPSA) is 439 Å². The Hall–Kier alpha value is -6.29. The summed E-state index contributed by atoms with van der Waals surface area (Å²) < 4.78 is 0. The van der Waals surface area contributed by atoms with E-state index in [1.54, 1.807) is 61.6 Å². The summed E-state index contributed by atoms with van der Waals surface area (Å²) in [4.78, 5) is 148. The van der Waals surface area contributed by atoms with Crippen molar-refractivity contribution in [3.05, 3.63) is 0 Å². The van der Waals surface area contributed by atoms with Gasteiger partial charge in [-0.3, -0.25) is 52.9 Å². The van der Waals surface area contributed by atoms with Crippen LogP contribution in [0.15, 0.2) is 4.99 Å². The Morgan fingerprint density at radius 3 is 1.56 bits per heavy atom. The summed E-state index contributed by atoms with van der Waals surface area (Å²) in [6.07, 6.45) is 1.56. The molecule has 0 aromatic carbocycles. The maximum atomic E-state index is 14.2. The predicted octanol–water partition coefficient (Wildman–Crippen LogP) is -3.86. The fraction of sp³-hybridized carbons (Fsp3) is 0.745. The molecule has 428 valence electrons. The molecule has 18 N–H and O–H groups in total. The Morgan fingerprint density at radius 1 is 0.547 bits per heavy atom. The summed E-state index contributed by atoms with van der Waals surface area (Å²) in [5, 5.41) is 44.8. The Kier molecular flexibility index (Phi) is 32.8. The number of carboxylic acids is 1. The van der Waals surface area contributed by atoms with Crippen LogP contribution in [0.2, 0.25) is 0 Å². The van der Waals surface area contributed by atoms with Gasteiger partial charge >= 0.3 is 5.97 Å². The molecule has 0 radical (unpaired) electrons. The van der Waals surface area contributed by atoms with Gasteiger partial charge in [0.2, 0.25) is 59.1 Å². The van der Waals surface area contributed by atoms with E-state index in [1.165, 1.54) is 25.6 Å². The lowest BCUT2D eigenvalue weighted by Gasteiger charge is -2.29. The number of aliphatic carboxylic acids is 1. The standard InChI is InChI=1S/C47H86N14O13S/c1-12-25(7)36(44(71)57-31(19-23(3)4)40(67)53-21-33(64)52-22-34(65)59-35(24(5)6)43(70)61-37(46(73)74)26(8)13-2)60-42(69)29(15-14-17-51-47(49)50)56-41(68)30(16-18-75-11)55-39(66)27(9)54-45(72)38(28(10)62)58-32(63)20-48/h23-31,35-38,62H,12-22,48H2,1-11H3,(H,52,64)(H,53,67)(H,54,72)(H,55,66)(H,56,68)(H,57,71)(H,58,63)(H,59,65)(H,60,69)(H,61,70)(H,73,74)(H4,49,50,51)/t25-,26-,27-,28+,29-,30-,31-,35-,36-,37-,38-/m0/s1. The number of nitrogens with zero attached hydrogens (tertiary/aromatic N) is 1. The number of carboxylic acid groups (broad SMARTS) is 1. The zero-order chi connectivity index (χ0) is 57.7. The number of nitrogens with two attached hydrogens (primary N) is 3. The average Bonchev–Trinajstić information content (AvgIpc) is 3.34. The molecule has 0 unspecified atom stereocenters. The minimum atomic E-state index is -1.44. The smallest absolute Gasteiger partial charge is 0.326 e. The van der Waals surface area contributed by atoms with Crippen molar-refractivity contribution in [2.24, 2.45) is 45.9 Å². The van der Waals surface area contributed by atoms with Crippen LogP contribution >= 0.6 is 11.8 Å². The van der Waals surface area contributed by atoms with Gasteiger partial charge in [0.15, 0.2) is 5.96 Å². The zero-order valence-electron chi connectivity index (χ0n) is 45.3. The van der Waals surface area contributed by atoms with Crippen LogP contribution in [0, 0.1) is 23.7 Å². The van der Waals surface area contributed by atoms with E-state index in [4.69, 9.17) is 17.2 Å². The third-order valence-electron chi connectivity index (χ3n) is 11.9. The number of rotatable bonds is 36. The third kappa shape index (κ3) is 26.7. The van der Waals surface area contributed by atoms with Crippen LogP contribution < -0.4 is 70.4 Å². The highest BCUT2D eigenvalue weighted by Gasteiger charge is 2.36. The van der Waals surface area contributed by atoms with E-state index >= 15 is 0 Å². The lowest BCUT2D eigenvalue weighted by molar-refractivity contribution is -0.144. The summed E-state index contributed by atoms with van der Waals surface area (Å²) in [6, 6.07) is -10.1. The van der Waals surface area contributed by atoms with Crippen molar-refractivity contribution < 1.29 is 63.0 Å². The van der Waals surface area contributed by atoms with Crippen LogP contribution in [0.25, 0.3) is 0 Å². The van der Waals surface area contributed by atoms with Gasteiger partial charge in [0.05, 0.1) is 25.7 Å². The van der Waals surface area contributed by atoms with Crippen molar-refractivity contribution in [1.82, 2.24) is 53.2 Å². The number of aliphatic hydroxyl groups excluding tert-OH is 1. The maximum Gasteiger partial charge on any atom is 0.326 e. The third-order valence-corrected chi connectivity index (χ3v) is 12.5. The molecule has 0 aliphatic rings. The van der Waals surface area contributed by atoms with Crippen molar-refractivity contribution in [3.8, 4) is 0 Å². The SMILES string of the molecule is CC[C@H](C)[C@H](NC(=O)[C@@H](NC(=O)CNC(=O)CNC(=O)[C@H](CC(C)C)NC(=O)[C@@H](NC(=O)[C@H](CCCN=C(N)N)NC(=O)[C@H](CCSC)NC(=O)[C@H](C)NC(=O)[C@@H](NC(=O)CN)[C@@H](C)O)[C@@H](C)CC)C(C)C)C(=O)O. The Labute approximate surface area is 443 Å². The van der Waals surface area contributed by atoms with Crippen LogP contribution in [0.4, 0.5) is 0 Å². The molecule has 28 heteroatoms. The van der Waals surface area contributed by atoms with Crippen LogP contribution in [0.5, 0.6) is 0 Å². The molecule has 0 aromatic rings. The molecule has 0 rings (SSSR count). The average molecular weight is 1090 g/mol. The van der Waals surface area contributed by atoms with Gasteiger partial charge in [-0.1, -0.05) is 68.2 Å². The molecule has 0 bridgehead atoms. The molecule has 0 saturated carbocycles. The molecule has 0 spiro atoms. The number of amides is 10. The van der Waals surface area contributed by atoms with Gasteiger partial charge in [-0.05, 0) is 75.2 Å². The molecule has 0 fully saturated rings. The van der Waals surface area contributed by atoms with Crippen LogP contribution in [0.3, 0.4) is 0 Å². The lowest BCUT2D eigenvalue weighted by atomic mass is 9.96. The highest BCUT2D eigenvalue weighted by atomic mass is 32.2. The minimum absolute atomic E-state index is 0.0462. The number of nitrogens with one attached hydrogen (secondary N) is 10. The largest absolute Gasteiger partial charge is 0.480 e. The van der Waals surface area contributed by atoms with Crippen LogP contribution in [-0.4, -0.2) is 174 Å². The van der Waals surface area contributed by atoms with Gasteiger partial charge in [-0.25, -0.2) is 4.79 Å². The normalized spacial score (nSPS) is 15.5. The Balaban J connectivity index is 6.24. The number of hydrogen-bond donors (Lipinski definition) is 15. The van der Waals surface area contributed by atoms with Gasteiger partial charge in [-0.2, -0.15) is 11.8 Å². The highest BCUT2D eigenvalue weighted by Crippen LogP contribution is 2.14. The summed E-state index contributed by atoms with van der Waals surface area (Å²) in [5.74, 6) is -10.4. The number of carbonyl (C=O) groups excluding carboxylic acids is 10. The van der Waals surface area contributed by atoms with Crippen LogP contribution in [-0.2, 0) is 52.7 Å². The molecule has 0 aliphatic heterocycles. The predicted molar refractivity (Wildman–Crippen MR) is 282 cm³/mol. The molecule has 27 nitrogen and oxygen atoms in total. The van der Waals surface area contributed by atoms with Gasteiger partial charge in [-0.15, -0.1) is 0 Å². The summed E-state index contributed by atoms with van der Waals surface area (Å²) in [7, 11) is 0. The van der Waals surface area contributed by atoms with Crippen molar-refractivity contribution in [3.63, 3.8) is 0 Å². The number of carbonyl (C=O) groups is 11. The molecular formula is C47H86N14O13S. The van der Waals surface area contributed by atoms with Gasteiger partial charge < -0.3 is 80.6 Å². The molecule has 0 saturated heterocycles. The van der Waals surface area contributed by atoms with E-state index < -0.39 is 157 Å². The molecule has 0 aliphatic carbocycles. The molecule has 10 amide bonds. The first-order chi connectivity index (χ1) is 35.0. The molecular weight excluding hydrogens is 1000 g/mol. The lowest BCUT2D eigenvalue weighted by Crippen LogP contribution is -2.61. The summed E-state index contributed by atoms with van der Waals surface area (Å²) >= 11 is 1.37. The van der Waals surface area contributed by atoms with Gasteiger partial charge in [0, 0.05) is 6.54 Å². The van der Waals surface area contributed by atoms with E-state index in [0.29, 0.717) is 18.6 Å².